The summed E-state index contributed by atoms with van der Waals surface area (Å²) in [6, 6.07) is 13.1. The van der Waals surface area contributed by atoms with Crippen LogP contribution >= 0.6 is 11.3 Å². The van der Waals surface area contributed by atoms with Gasteiger partial charge < -0.3 is 9.64 Å². The fourth-order valence-corrected chi connectivity index (χ4v) is 5.09. The van der Waals surface area contributed by atoms with E-state index in [1.54, 1.807) is 13.1 Å². The Morgan fingerprint density at radius 1 is 1.21 bits per heavy atom. The Morgan fingerprint density at radius 2 is 2.07 bits per heavy atom. The fourth-order valence-electron chi connectivity index (χ4n) is 4.30. The van der Waals surface area contributed by atoms with Gasteiger partial charge in [-0.2, -0.15) is 4.98 Å². The van der Waals surface area contributed by atoms with E-state index in [4.69, 9.17) is 4.74 Å². The van der Waals surface area contributed by atoms with Gasteiger partial charge in [0.25, 0.3) is 5.19 Å². The number of thiazole rings is 1. The molecule has 0 radical (unpaired) electrons. The first-order valence-electron chi connectivity index (χ1n) is 9.65. The molecule has 2 saturated heterocycles. The van der Waals surface area contributed by atoms with Crippen molar-refractivity contribution in [2.45, 2.75) is 31.8 Å². The molecule has 1 aromatic carbocycles. The van der Waals surface area contributed by atoms with Gasteiger partial charge in [0.05, 0.1) is 4.70 Å². The highest BCUT2D eigenvalue weighted by Gasteiger charge is 2.43. The van der Waals surface area contributed by atoms with E-state index in [2.05, 4.69) is 27.0 Å². The lowest BCUT2D eigenvalue weighted by Gasteiger charge is -2.33. The van der Waals surface area contributed by atoms with Crippen LogP contribution in [0.15, 0.2) is 42.6 Å². The van der Waals surface area contributed by atoms with Gasteiger partial charge in [-0.15, -0.1) is 0 Å². The van der Waals surface area contributed by atoms with E-state index in [0.717, 1.165) is 48.6 Å². The number of hydrogen-bond donors (Lipinski definition) is 0. The summed E-state index contributed by atoms with van der Waals surface area (Å²) in [6.45, 7) is 4.62. The van der Waals surface area contributed by atoms with E-state index in [1.165, 1.54) is 16.9 Å². The number of hydrogen-bond acceptors (Lipinski definition) is 6. The number of amides is 1. The molecule has 4 heterocycles. The van der Waals surface area contributed by atoms with Crippen LogP contribution < -0.4 is 4.74 Å². The number of fused-ring (bicyclic) bond motifs is 3. The van der Waals surface area contributed by atoms with Crippen LogP contribution in [-0.2, 0) is 11.2 Å². The highest BCUT2D eigenvalue weighted by atomic mass is 32.1. The summed E-state index contributed by atoms with van der Waals surface area (Å²) in [7, 11) is 0. The largest absolute Gasteiger partial charge is 0.431 e. The minimum atomic E-state index is 0.214. The quantitative estimate of drug-likeness (QED) is 0.664. The van der Waals surface area contributed by atoms with Gasteiger partial charge in [-0.25, -0.2) is 4.98 Å². The summed E-state index contributed by atoms with van der Waals surface area (Å²) in [6.07, 6.45) is 3.88. The Labute approximate surface area is 167 Å². The normalized spacial score (nSPS) is 21.5. The van der Waals surface area contributed by atoms with Crippen molar-refractivity contribution in [2.75, 3.05) is 19.6 Å². The fraction of sp³-hybridized carbons (Fsp3) is 0.381. The zero-order valence-corrected chi connectivity index (χ0v) is 16.6. The van der Waals surface area contributed by atoms with Crippen LogP contribution in [0.1, 0.15) is 18.9 Å². The topological polar surface area (TPSA) is 58.6 Å². The molecular weight excluding hydrogens is 372 g/mol. The maximum absolute atomic E-state index is 11.6. The van der Waals surface area contributed by atoms with Gasteiger partial charge in [-0.1, -0.05) is 23.5 Å². The second kappa shape index (κ2) is 7.14. The van der Waals surface area contributed by atoms with Crippen molar-refractivity contribution in [3.05, 3.63) is 48.2 Å². The number of nitrogens with zero attached hydrogens (tertiary/aromatic N) is 4. The number of aromatic nitrogens is 2. The van der Waals surface area contributed by atoms with E-state index in [9.17, 15) is 4.79 Å². The SMILES string of the molecule is CC(=O)N1C[C@@H]2C[C@H]1CN2CCc1ccc(Oc2nc3ncccc3s2)cc1. The first-order valence-corrected chi connectivity index (χ1v) is 10.5. The Morgan fingerprint density at radius 3 is 2.79 bits per heavy atom. The lowest BCUT2D eigenvalue weighted by atomic mass is 10.1. The minimum Gasteiger partial charge on any atom is -0.431 e. The second-order valence-electron chi connectivity index (χ2n) is 7.51. The number of benzene rings is 1. The van der Waals surface area contributed by atoms with Crippen molar-refractivity contribution in [1.82, 2.24) is 19.8 Å². The molecule has 28 heavy (non-hydrogen) atoms. The summed E-state index contributed by atoms with van der Waals surface area (Å²) >= 11 is 1.50. The van der Waals surface area contributed by atoms with Crippen LogP contribution in [0.4, 0.5) is 0 Å². The van der Waals surface area contributed by atoms with Gasteiger partial charge in [-0.3, -0.25) is 9.69 Å². The van der Waals surface area contributed by atoms with Crippen LogP contribution in [0.3, 0.4) is 0 Å². The molecule has 2 fully saturated rings. The third-order valence-electron chi connectivity index (χ3n) is 5.72. The number of carbonyl (C=O) groups is 1. The third-order valence-corrected chi connectivity index (χ3v) is 6.61. The van der Waals surface area contributed by atoms with Crippen molar-refractivity contribution in [1.29, 1.82) is 0 Å². The van der Waals surface area contributed by atoms with Gasteiger partial charge >= 0.3 is 0 Å². The summed E-state index contributed by atoms with van der Waals surface area (Å²) in [5.41, 5.74) is 2.02. The summed E-state index contributed by atoms with van der Waals surface area (Å²) < 4.78 is 6.92. The second-order valence-corrected chi connectivity index (χ2v) is 8.50. The summed E-state index contributed by atoms with van der Waals surface area (Å²) in [5.74, 6) is 1.01. The number of ether oxygens (including phenoxy) is 1. The Hall–Kier alpha value is -2.51. The highest BCUT2D eigenvalue weighted by Crippen LogP contribution is 2.32. The summed E-state index contributed by atoms with van der Waals surface area (Å²) in [5, 5.41) is 0.615. The predicted molar refractivity (Wildman–Crippen MR) is 109 cm³/mol. The van der Waals surface area contributed by atoms with Crippen molar-refractivity contribution >= 4 is 27.6 Å². The van der Waals surface area contributed by atoms with Crippen molar-refractivity contribution in [3.63, 3.8) is 0 Å². The van der Waals surface area contributed by atoms with E-state index < -0.39 is 0 Å². The maximum Gasteiger partial charge on any atom is 0.281 e. The van der Waals surface area contributed by atoms with Crippen LogP contribution in [0.25, 0.3) is 10.3 Å². The number of carbonyl (C=O) groups excluding carboxylic acids is 1. The molecule has 7 heteroatoms. The van der Waals surface area contributed by atoms with E-state index in [-0.39, 0.29) is 5.91 Å². The lowest BCUT2D eigenvalue weighted by molar-refractivity contribution is -0.131. The first-order chi connectivity index (χ1) is 13.7. The molecule has 3 aromatic rings. The van der Waals surface area contributed by atoms with E-state index in [1.807, 2.05) is 29.2 Å². The molecule has 2 bridgehead atoms. The van der Waals surface area contributed by atoms with Crippen molar-refractivity contribution < 1.29 is 9.53 Å². The number of pyridine rings is 1. The smallest absolute Gasteiger partial charge is 0.281 e. The average molecular weight is 395 g/mol. The summed E-state index contributed by atoms with van der Waals surface area (Å²) in [4.78, 5) is 24.8. The van der Waals surface area contributed by atoms with E-state index >= 15 is 0 Å². The third kappa shape index (κ3) is 3.36. The number of rotatable bonds is 5. The van der Waals surface area contributed by atoms with Crippen LogP contribution in [0, 0.1) is 0 Å². The maximum atomic E-state index is 11.6. The van der Waals surface area contributed by atoms with Gasteiger partial charge in [0.2, 0.25) is 5.91 Å². The monoisotopic (exact) mass is 394 g/mol. The molecule has 2 aromatic heterocycles. The van der Waals surface area contributed by atoms with E-state index in [0.29, 0.717) is 17.3 Å². The zero-order valence-electron chi connectivity index (χ0n) is 15.7. The van der Waals surface area contributed by atoms with Crippen LogP contribution in [-0.4, -0.2) is 57.4 Å². The molecule has 0 saturated carbocycles. The first kappa shape index (κ1) is 17.6. The number of piperazine rings is 1. The minimum absolute atomic E-state index is 0.214. The molecule has 2 atom stereocenters. The molecule has 6 nitrogen and oxygen atoms in total. The van der Waals surface area contributed by atoms with Gasteiger partial charge in [-0.05, 0) is 42.7 Å². The molecule has 0 aliphatic carbocycles. The Kier molecular flexibility index (Phi) is 4.49. The zero-order chi connectivity index (χ0) is 19.1. The lowest BCUT2D eigenvalue weighted by Crippen LogP contribution is -2.48. The average Bonchev–Trinajstić information content (AvgIpc) is 3.40. The predicted octanol–water partition coefficient (Wildman–Crippen LogP) is 3.33. The molecule has 144 valence electrons. The van der Waals surface area contributed by atoms with Gasteiger partial charge in [0, 0.05) is 44.8 Å². The molecule has 0 spiro atoms. The number of likely N-dealkylation sites (tertiary alicyclic amines) is 2. The standard InChI is InChI=1S/C21H22N4O2S/c1-14(26)25-13-16-11-17(25)12-24(16)10-8-15-4-6-18(7-5-15)27-21-23-20-19(28-21)3-2-9-22-20/h2-7,9,16-17H,8,10-13H2,1H3/t16-,17-/m0/s1. The Balaban J connectivity index is 1.17. The molecule has 0 unspecified atom stereocenters. The molecule has 2 aliphatic rings. The molecule has 1 amide bonds. The van der Waals surface area contributed by atoms with Gasteiger partial charge in [0.1, 0.15) is 5.75 Å². The molecule has 2 aliphatic heterocycles. The van der Waals surface area contributed by atoms with Crippen molar-refractivity contribution in [2.24, 2.45) is 0 Å². The van der Waals surface area contributed by atoms with Crippen LogP contribution in [0.2, 0.25) is 0 Å². The highest BCUT2D eigenvalue weighted by molar-refractivity contribution is 7.20. The molecule has 0 N–H and O–H groups in total. The molecular formula is C21H22N4O2S. The van der Waals surface area contributed by atoms with Crippen LogP contribution in [0.5, 0.6) is 10.9 Å². The van der Waals surface area contributed by atoms with Crippen molar-refractivity contribution in [3.8, 4) is 10.9 Å². The Bertz CT molecular complexity index is 970. The van der Waals surface area contributed by atoms with Gasteiger partial charge in [0.15, 0.2) is 5.65 Å². The molecule has 5 rings (SSSR count).